The van der Waals surface area contributed by atoms with E-state index in [0.29, 0.717) is 23.2 Å². The number of pyridine rings is 1. The van der Waals surface area contributed by atoms with Crippen LogP contribution in [0.3, 0.4) is 0 Å². The quantitative estimate of drug-likeness (QED) is 0.613. The first kappa shape index (κ1) is 22.9. The van der Waals surface area contributed by atoms with Gasteiger partial charge in [-0.25, -0.2) is 9.59 Å². The number of hydrogen-bond acceptors (Lipinski definition) is 7. The molecule has 2 aliphatic heterocycles. The van der Waals surface area contributed by atoms with Gasteiger partial charge in [0.05, 0.1) is 49.5 Å². The molecule has 2 aliphatic rings. The van der Waals surface area contributed by atoms with Crippen LogP contribution < -0.4 is 19.9 Å². The summed E-state index contributed by atoms with van der Waals surface area (Å²) in [4.78, 5) is 32.9. The number of amides is 2. The first-order chi connectivity index (χ1) is 17.0. The third kappa shape index (κ3) is 4.57. The van der Waals surface area contributed by atoms with E-state index in [-0.39, 0.29) is 12.6 Å². The lowest BCUT2D eigenvalue weighted by Crippen LogP contribution is -2.52. The van der Waals surface area contributed by atoms with E-state index in [0.717, 1.165) is 37.1 Å². The van der Waals surface area contributed by atoms with Gasteiger partial charge in [-0.2, -0.15) is 5.10 Å². The van der Waals surface area contributed by atoms with Gasteiger partial charge in [0.25, 0.3) is 0 Å². The summed E-state index contributed by atoms with van der Waals surface area (Å²) in [5.41, 5.74) is 2.97. The number of hydrogen-bond donors (Lipinski definition) is 1. The van der Waals surface area contributed by atoms with E-state index in [1.54, 1.807) is 28.1 Å². The molecule has 0 aliphatic carbocycles. The van der Waals surface area contributed by atoms with Crippen molar-refractivity contribution in [1.29, 1.82) is 0 Å². The average Bonchev–Trinajstić information content (AvgIpc) is 3.39. The maximum Gasteiger partial charge on any atom is 0.419 e. The monoisotopic (exact) mass is 476 g/mol. The highest BCUT2D eigenvalue weighted by molar-refractivity contribution is 6.02. The molecule has 1 atom stereocenters. The number of aromatic nitrogens is 3. The van der Waals surface area contributed by atoms with Crippen molar-refractivity contribution in [3.63, 3.8) is 0 Å². The van der Waals surface area contributed by atoms with Crippen LogP contribution >= 0.6 is 0 Å². The van der Waals surface area contributed by atoms with Crippen LogP contribution in [-0.2, 0) is 4.74 Å². The van der Waals surface area contributed by atoms with E-state index < -0.39 is 12.2 Å². The van der Waals surface area contributed by atoms with Gasteiger partial charge in [-0.15, -0.1) is 0 Å². The van der Waals surface area contributed by atoms with Crippen molar-refractivity contribution in [3.05, 3.63) is 55.1 Å². The molecule has 1 fully saturated rings. The lowest BCUT2D eigenvalue weighted by Gasteiger charge is -2.39. The zero-order valence-electron chi connectivity index (χ0n) is 19.8. The Labute approximate surface area is 203 Å². The summed E-state index contributed by atoms with van der Waals surface area (Å²) in [6, 6.07) is 9.09. The van der Waals surface area contributed by atoms with E-state index in [1.165, 1.54) is 13.3 Å². The normalized spacial score (nSPS) is 18.2. The predicted molar refractivity (Wildman–Crippen MR) is 131 cm³/mol. The molecule has 4 heterocycles. The molecule has 1 aromatic carbocycles. The Morgan fingerprint density at radius 2 is 1.89 bits per heavy atom. The first-order valence-corrected chi connectivity index (χ1v) is 11.7. The Hall–Kier alpha value is -3.92. The summed E-state index contributed by atoms with van der Waals surface area (Å²) < 4.78 is 12.6. The molecular formula is C25H28N6O4. The Kier molecular flexibility index (Phi) is 6.37. The molecule has 10 heteroatoms. The fourth-order valence-corrected chi connectivity index (χ4v) is 4.68. The molecule has 0 unspecified atom stereocenters. The minimum absolute atomic E-state index is 0.249. The smallest absolute Gasteiger partial charge is 0.419 e. The summed E-state index contributed by atoms with van der Waals surface area (Å²) in [6.45, 7) is 4.07. The molecule has 1 saturated heterocycles. The summed E-state index contributed by atoms with van der Waals surface area (Å²) >= 11 is 0. The van der Waals surface area contributed by atoms with Crippen LogP contribution in [-0.4, -0.2) is 59.7 Å². The number of rotatable bonds is 3. The number of carbonyl (C=O) groups excluding carboxylic acids is 2. The number of nitrogens with zero attached hydrogens (tertiary/aromatic N) is 5. The van der Waals surface area contributed by atoms with Gasteiger partial charge in [-0.05, 0) is 62.7 Å². The Balaban J connectivity index is 1.50. The van der Waals surface area contributed by atoms with Crippen LogP contribution in [0.5, 0.6) is 5.75 Å². The van der Waals surface area contributed by atoms with Crippen LogP contribution in [0.15, 0.2) is 55.1 Å². The highest BCUT2D eigenvalue weighted by atomic mass is 16.6. The second-order valence-electron chi connectivity index (χ2n) is 8.75. The Bertz CT molecular complexity index is 1210. The maximum absolute atomic E-state index is 13.2. The number of nitrogens with one attached hydrogen (secondary N) is 1. The predicted octanol–water partition coefficient (Wildman–Crippen LogP) is 3.85. The van der Waals surface area contributed by atoms with Crippen molar-refractivity contribution in [3.8, 4) is 16.9 Å². The number of carbonyl (C=O) groups is 2. The van der Waals surface area contributed by atoms with Gasteiger partial charge >= 0.3 is 12.2 Å². The maximum atomic E-state index is 13.2. The average molecular weight is 477 g/mol. The van der Waals surface area contributed by atoms with Crippen molar-refractivity contribution < 1.29 is 19.1 Å². The largest absolute Gasteiger partial charge is 0.452 e. The molecule has 0 bridgehead atoms. The molecule has 182 valence electrons. The molecule has 1 N–H and O–H groups in total. The van der Waals surface area contributed by atoms with Crippen molar-refractivity contribution in [2.45, 2.75) is 31.8 Å². The summed E-state index contributed by atoms with van der Waals surface area (Å²) in [5.74, 6) is 0.349. The van der Waals surface area contributed by atoms with Crippen molar-refractivity contribution in [2.75, 3.05) is 36.5 Å². The number of methoxy groups -OCH3 is 1. The van der Waals surface area contributed by atoms with Gasteiger partial charge in [0, 0.05) is 18.0 Å². The highest BCUT2D eigenvalue weighted by Crippen LogP contribution is 2.39. The highest BCUT2D eigenvalue weighted by Gasteiger charge is 2.36. The lowest BCUT2D eigenvalue weighted by atomic mass is 10.0. The number of piperidine rings is 1. The van der Waals surface area contributed by atoms with E-state index in [4.69, 9.17) is 9.47 Å². The lowest BCUT2D eigenvalue weighted by molar-refractivity contribution is 0.175. The second-order valence-corrected chi connectivity index (χ2v) is 8.75. The van der Waals surface area contributed by atoms with Crippen molar-refractivity contribution in [2.24, 2.45) is 0 Å². The standard InChI is InChI=1S/C25H28N6O4/c1-17-15-29(24(32)35-21-4-3-9-27-14-21)23-12-18(5-6-22(23)31(17)25(33)34-2)19-13-28-30(16-19)20-7-10-26-11-8-20/h3-6,9,12-14,16-17,20,26H,7-8,10-11,15H2,1-2H3/t17-/m0/s1. The van der Waals surface area contributed by atoms with Crippen molar-refractivity contribution >= 4 is 23.6 Å². The van der Waals surface area contributed by atoms with Crippen LogP contribution in [0.25, 0.3) is 11.1 Å². The fourth-order valence-electron chi connectivity index (χ4n) is 4.68. The van der Waals surface area contributed by atoms with E-state index >= 15 is 0 Å². The van der Waals surface area contributed by atoms with Gasteiger partial charge in [-0.1, -0.05) is 6.07 Å². The second kappa shape index (κ2) is 9.75. The zero-order valence-corrected chi connectivity index (χ0v) is 19.8. The molecule has 35 heavy (non-hydrogen) atoms. The molecular weight excluding hydrogens is 448 g/mol. The summed E-state index contributed by atoms with van der Waals surface area (Å²) in [6.07, 6.45) is 8.02. The third-order valence-electron chi connectivity index (χ3n) is 6.46. The van der Waals surface area contributed by atoms with Gasteiger partial charge in [0.2, 0.25) is 0 Å². The van der Waals surface area contributed by atoms with Gasteiger partial charge in [0.15, 0.2) is 5.75 Å². The molecule has 2 amide bonds. The molecule has 0 radical (unpaired) electrons. The number of anilines is 2. The van der Waals surface area contributed by atoms with Crippen molar-refractivity contribution in [1.82, 2.24) is 20.1 Å². The Morgan fingerprint density at radius 1 is 1.06 bits per heavy atom. The summed E-state index contributed by atoms with van der Waals surface area (Å²) in [7, 11) is 1.35. The molecule has 10 nitrogen and oxygen atoms in total. The van der Waals surface area contributed by atoms with Crippen LogP contribution in [0, 0.1) is 0 Å². The molecule has 2 aromatic heterocycles. The van der Waals surface area contributed by atoms with E-state index in [2.05, 4.69) is 15.4 Å². The zero-order chi connectivity index (χ0) is 24.4. The Morgan fingerprint density at radius 3 is 2.63 bits per heavy atom. The topological polar surface area (TPSA) is 102 Å². The minimum atomic E-state index is -0.543. The fraction of sp³-hybridized carbons (Fsp3) is 0.360. The summed E-state index contributed by atoms with van der Waals surface area (Å²) in [5, 5.41) is 7.97. The molecule has 0 spiro atoms. The number of ether oxygens (including phenoxy) is 2. The first-order valence-electron chi connectivity index (χ1n) is 11.7. The van der Waals surface area contributed by atoms with E-state index in [1.807, 2.05) is 42.2 Å². The SMILES string of the molecule is COC(=O)N1c2ccc(-c3cnn(C4CCNCC4)c3)cc2N(C(=O)Oc2cccnc2)C[C@@H]1C. The van der Waals surface area contributed by atoms with Crippen LogP contribution in [0.4, 0.5) is 21.0 Å². The van der Waals surface area contributed by atoms with Gasteiger partial charge in [-0.3, -0.25) is 19.5 Å². The van der Waals surface area contributed by atoms with Crippen LogP contribution in [0.2, 0.25) is 0 Å². The molecule has 3 aromatic rings. The molecule has 5 rings (SSSR count). The van der Waals surface area contributed by atoms with E-state index in [9.17, 15) is 9.59 Å². The number of benzene rings is 1. The van der Waals surface area contributed by atoms with Gasteiger partial charge < -0.3 is 14.8 Å². The van der Waals surface area contributed by atoms with Gasteiger partial charge in [0.1, 0.15) is 0 Å². The third-order valence-corrected chi connectivity index (χ3v) is 6.46. The number of fused-ring (bicyclic) bond motifs is 1. The van der Waals surface area contributed by atoms with Crippen LogP contribution in [0.1, 0.15) is 25.8 Å². The minimum Gasteiger partial charge on any atom is -0.452 e. The molecule has 0 saturated carbocycles.